The van der Waals surface area contributed by atoms with Crippen LogP contribution in [0.1, 0.15) is 11.4 Å². The van der Waals surface area contributed by atoms with Crippen molar-refractivity contribution in [3.05, 3.63) is 70.3 Å². The number of benzene rings is 2. The van der Waals surface area contributed by atoms with E-state index in [0.717, 1.165) is 17.8 Å². The van der Waals surface area contributed by atoms with Gasteiger partial charge in [-0.1, -0.05) is 24.3 Å². The second kappa shape index (κ2) is 8.95. The second-order valence-electron chi connectivity index (χ2n) is 7.05. The van der Waals surface area contributed by atoms with Gasteiger partial charge < -0.3 is 20.1 Å². The molecule has 3 rings (SSSR count). The molecule has 7 heteroatoms. The van der Waals surface area contributed by atoms with Crippen LogP contribution in [0.15, 0.2) is 53.3 Å². The molecule has 0 radical (unpaired) electrons. The lowest BCUT2D eigenvalue weighted by Crippen LogP contribution is -2.39. The number of nitrogens with one attached hydrogen (secondary N) is 2. The maximum atomic E-state index is 12.4. The van der Waals surface area contributed by atoms with E-state index in [1.165, 1.54) is 0 Å². The highest BCUT2D eigenvalue weighted by Gasteiger charge is 2.14. The Morgan fingerprint density at radius 1 is 1.14 bits per heavy atom. The summed E-state index contributed by atoms with van der Waals surface area (Å²) in [4.78, 5) is 24.0. The highest BCUT2D eigenvalue weighted by molar-refractivity contribution is 7.80. The van der Waals surface area contributed by atoms with Crippen LogP contribution in [0.2, 0.25) is 0 Å². The summed E-state index contributed by atoms with van der Waals surface area (Å²) in [6, 6.07) is 15.4. The van der Waals surface area contributed by atoms with E-state index in [0.29, 0.717) is 34.9 Å². The Kier molecular flexibility index (Phi) is 6.38. The Bertz CT molecular complexity index is 1030. The van der Waals surface area contributed by atoms with Crippen molar-refractivity contribution in [1.82, 2.24) is 19.8 Å². The zero-order valence-corrected chi connectivity index (χ0v) is 17.2. The quantitative estimate of drug-likeness (QED) is 0.626. The number of aromatic amines is 1. The molecule has 0 amide bonds. The highest BCUT2D eigenvalue weighted by atomic mass is 32.1. The van der Waals surface area contributed by atoms with E-state index in [1.807, 2.05) is 68.4 Å². The van der Waals surface area contributed by atoms with Gasteiger partial charge in [-0.15, -0.1) is 0 Å². The summed E-state index contributed by atoms with van der Waals surface area (Å²) in [6.07, 6.45) is 0. The smallest absolute Gasteiger partial charge is 0.258 e. The van der Waals surface area contributed by atoms with Crippen molar-refractivity contribution >= 4 is 33.9 Å². The Morgan fingerprint density at radius 3 is 2.68 bits per heavy atom. The molecule has 28 heavy (non-hydrogen) atoms. The minimum atomic E-state index is -0.134. The van der Waals surface area contributed by atoms with Gasteiger partial charge in [0.2, 0.25) is 0 Å². The number of rotatable bonds is 6. The molecule has 1 aromatic heterocycles. The largest absolute Gasteiger partial charge is 0.340 e. The number of hydrogen-bond acceptors (Lipinski definition) is 4. The molecular weight excluding hydrogens is 370 g/mol. The van der Waals surface area contributed by atoms with E-state index in [4.69, 9.17) is 12.2 Å². The molecule has 2 N–H and O–H groups in total. The Hall–Kier alpha value is -2.77. The number of anilines is 1. The molecule has 0 bridgehead atoms. The van der Waals surface area contributed by atoms with Gasteiger partial charge in [0, 0.05) is 18.8 Å². The monoisotopic (exact) mass is 395 g/mol. The van der Waals surface area contributed by atoms with Crippen LogP contribution < -0.4 is 10.9 Å². The third kappa shape index (κ3) is 5.15. The number of nitrogens with zero attached hydrogens (tertiary/aromatic N) is 3. The Labute approximate surface area is 170 Å². The van der Waals surface area contributed by atoms with Gasteiger partial charge in [0.1, 0.15) is 5.82 Å². The molecule has 6 nitrogen and oxygen atoms in total. The van der Waals surface area contributed by atoms with Gasteiger partial charge in [-0.3, -0.25) is 4.79 Å². The van der Waals surface area contributed by atoms with Crippen LogP contribution in [0.25, 0.3) is 10.9 Å². The first-order valence-corrected chi connectivity index (χ1v) is 9.58. The van der Waals surface area contributed by atoms with Crippen LogP contribution in [0.3, 0.4) is 0 Å². The third-order valence-electron chi connectivity index (χ3n) is 4.38. The lowest BCUT2D eigenvalue weighted by molar-refractivity contribution is 0.323. The standard InChI is InChI=1S/C21H25N5OS/c1-15-7-6-8-16(13-15)22-21(28)26(12-11-25(2)3)14-19-23-18-10-5-4-9-17(18)20(27)24-19/h4-10,13H,11-12,14H2,1-3H3,(H,22,28)(H,23,24,27). The number of aryl methyl sites for hydroxylation is 1. The van der Waals surface area contributed by atoms with Crippen LogP contribution in [0, 0.1) is 6.92 Å². The van der Waals surface area contributed by atoms with Gasteiger partial charge in [0.25, 0.3) is 5.56 Å². The van der Waals surface area contributed by atoms with Crippen LogP contribution in [-0.2, 0) is 6.54 Å². The summed E-state index contributed by atoms with van der Waals surface area (Å²) in [5.41, 5.74) is 2.66. The van der Waals surface area contributed by atoms with Crippen molar-refractivity contribution in [2.24, 2.45) is 0 Å². The van der Waals surface area contributed by atoms with Gasteiger partial charge in [0.15, 0.2) is 5.11 Å². The normalized spacial score (nSPS) is 11.0. The molecule has 0 aliphatic carbocycles. The summed E-state index contributed by atoms with van der Waals surface area (Å²) >= 11 is 5.66. The van der Waals surface area contributed by atoms with Crippen LogP contribution in [-0.4, -0.2) is 52.1 Å². The summed E-state index contributed by atoms with van der Waals surface area (Å²) in [5.74, 6) is 0.593. The predicted octanol–water partition coefficient (Wildman–Crippen LogP) is 2.99. The molecule has 0 aliphatic heterocycles. The first-order chi connectivity index (χ1) is 13.4. The van der Waals surface area contributed by atoms with Crippen LogP contribution in [0.4, 0.5) is 5.69 Å². The van der Waals surface area contributed by atoms with E-state index >= 15 is 0 Å². The molecule has 0 saturated heterocycles. The van der Waals surface area contributed by atoms with E-state index in [9.17, 15) is 4.79 Å². The van der Waals surface area contributed by atoms with Crippen molar-refractivity contribution < 1.29 is 0 Å². The number of aromatic nitrogens is 2. The van der Waals surface area contributed by atoms with Gasteiger partial charge in [-0.2, -0.15) is 0 Å². The topological polar surface area (TPSA) is 64.3 Å². The molecule has 0 spiro atoms. The molecule has 0 atom stereocenters. The predicted molar refractivity (Wildman–Crippen MR) is 119 cm³/mol. The Morgan fingerprint density at radius 2 is 1.93 bits per heavy atom. The minimum absolute atomic E-state index is 0.134. The summed E-state index contributed by atoms with van der Waals surface area (Å²) in [6.45, 7) is 4.00. The van der Waals surface area contributed by atoms with E-state index < -0.39 is 0 Å². The zero-order chi connectivity index (χ0) is 20.1. The molecule has 1 heterocycles. The zero-order valence-electron chi connectivity index (χ0n) is 16.4. The Balaban J connectivity index is 1.83. The van der Waals surface area contributed by atoms with Gasteiger partial charge in [0.05, 0.1) is 17.4 Å². The first kappa shape index (κ1) is 20.0. The van der Waals surface area contributed by atoms with Crippen LogP contribution in [0.5, 0.6) is 0 Å². The fourth-order valence-electron chi connectivity index (χ4n) is 2.89. The number of hydrogen-bond donors (Lipinski definition) is 2. The van der Waals surface area contributed by atoms with Crippen molar-refractivity contribution in [2.45, 2.75) is 13.5 Å². The van der Waals surface area contributed by atoms with Crippen molar-refractivity contribution in [1.29, 1.82) is 0 Å². The molecule has 0 unspecified atom stereocenters. The summed E-state index contributed by atoms with van der Waals surface area (Å²) < 4.78 is 0. The number of H-pyrrole nitrogens is 1. The second-order valence-corrected chi connectivity index (χ2v) is 7.44. The van der Waals surface area contributed by atoms with Crippen molar-refractivity contribution in [2.75, 3.05) is 32.5 Å². The molecule has 146 valence electrons. The lowest BCUT2D eigenvalue weighted by atomic mass is 10.2. The minimum Gasteiger partial charge on any atom is -0.340 e. The fourth-order valence-corrected chi connectivity index (χ4v) is 3.16. The summed E-state index contributed by atoms with van der Waals surface area (Å²) in [5, 5.41) is 4.49. The lowest BCUT2D eigenvalue weighted by Gasteiger charge is -2.27. The van der Waals surface area contributed by atoms with E-state index in [1.54, 1.807) is 6.07 Å². The average molecular weight is 396 g/mol. The SMILES string of the molecule is Cc1cccc(NC(=S)N(CCN(C)C)Cc2nc3ccccc3c(=O)[nH]2)c1. The van der Waals surface area contributed by atoms with Crippen molar-refractivity contribution in [3.8, 4) is 0 Å². The van der Waals surface area contributed by atoms with Crippen molar-refractivity contribution in [3.63, 3.8) is 0 Å². The fraction of sp³-hybridized carbons (Fsp3) is 0.286. The number of para-hydroxylation sites is 1. The molecular formula is C21H25N5OS. The van der Waals surface area contributed by atoms with E-state index in [-0.39, 0.29) is 5.56 Å². The van der Waals surface area contributed by atoms with Crippen LogP contribution >= 0.6 is 12.2 Å². The maximum absolute atomic E-state index is 12.4. The number of thiocarbonyl (C=S) groups is 1. The average Bonchev–Trinajstić information content (AvgIpc) is 2.65. The van der Waals surface area contributed by atoms with Gasteiger partial charge in [-0.25, -0.2) is 4.98 Å². The number of likely N-dealkylation sites (N-methyl/N-ethyl adjacent to an activating group) is 1. The molecule has 3 aromatic rings. The number of fused-ring (bicyclic) bond motifs is 1. The molecule has 0 aliphatic rings. The summed E-state index contributed by atoms with van der Waals surface area (Å²) in [7, 11) is 4.04. The molecule has 0 fully saturated rings. The van der Waals surface area contributed by atoms with Gasteiger partial charge in [-0.05, 0) is 63.1 Å². The maximum Gasteiger partial charge on any atom is 0.258 e. The molecule has 2 aromatic carbocycles. The third-order valence-corrected chi connectivity index (χ3v) is 4.74. The molecule has 0 saturated carbocycles. The first-order valence-electron chi connectivity index (χ1n) is 9.17. The van der Waals surface area contributed by atoms with Gasteiger partial charge >= 0.3 is 0 Å². The van der Waals surface area contributed by atoms with E-state index in [2.05, 4.69) is 20.2 Å². The highest BCUT2D eigenvalue weighted by Crippen LogP contribution is 2.12.